The Balaban J connectivity index is 1.99. The zero-order chi connectivity index (χ0) is 27.2. The topological polar surface area (TPSA) is 94.9 Å². The molecule has 0 radical (unpaired) electrons. The molecule has 3 aromatic rings. The number of ketones is 1. The van der Waals surface area contributed by atoms with Gasteiger partial charge in [0.05, 0.1) is 18.0 Å². The van der Waals surface area contributed by atoms with E-state index in [-0.39, 0.29) is 30.4 Å². The van der Waals surface area contributed by atoms with Crippen LogP contribution < -0.4 is 0 Å². The summed E-state index contributed by atoms with van der Waals surface area (Å²) in [5, 5.41) is 1.73. The van der Waals surface area contributed by atoms with Gasteiger partial charge < -0.3 is 14.0 Å². The lowest BCUT2D eigenvalue weighted by atomic mass is 10.1. The summed E-state index contributed by atoms with van der Waals surface area (Å²) in [7, 11) is -3.98. The van der Waals surface area contributed by atoms with Crippen LogP contribution in [-0.2, 0) is 26.0 Å². The summed E-state index contributed by atoms with van der Waals surface area (Å²) in [6, 6.07) is 12.5. The Morgan fingerprint density at radius 2 is 1.68 bits per heavy atom. The van der Waals surface area contributed by atoms with Gasteiger partial charge in [0.25, 0.3) is 0 Å². The monoisotopic (exact) mass is 528 g/mol. The normalized spacial score (nSPS) is 11.8. The summed E-state index contributed by atoms with van der Waals surface area (Å²) >= 11 is 0. The average Bonchev–Trinajstić information content (AvgIpc) is 3.14. The van der Waals surface area contributed by atoms with Crippen molar-refractivity contribution in [2.24, 2.45) is 0 Å². The van der Waals surface area contributed by atoms with E-state index >= 15 is 0 Å². The number of rotatable bonds is 13. The molecule has 0 aliphatic carbocycles. The standard InChI is InChI=1S/C28H36N2O6S/c1-6-30-21(5)26(20(4)27(30)28(32)36-8-3)25(31)19-29(16-11-17-35-7-2)37(33,34)24-15-14-22-12-9-10-13-23(22)18-24/h9-10,12-15,18H,6-8,11,16-17,19H2,1-5H3. The smallest absolute Gasteiger partial charge is 0.355 e. The van der Waals surface area contributed by atoms with Gasteiger partial charge in [0.2, 0.25) is 10.0 Å². The first-order valence-electron chi connectivity index (χ1n) is 12.6. The van der Waals surface area contributed by atoms with Gasteiger partial charge in [-0.3, -0.25) is 4.79 Å². The Morgan fingerprint density at radius 1 is 0.973 bits per heavy atom. The number of benzene rings is 2. The van der Waals surface area contributed by atoms with E-state index in [2.05, 4.69) is 0 Å². The van der Waals surface area contributed by atoms with Gasteiger partial charge in [-0.05, 0) is 69.5 Å². The number of ether oxygens (including phenoxy) is 2. The average molecular weight is 529 g/mol. The maximum atomic E-state index is 13.8. The van der Waals surface area contributed by atoms with E-state index in [1.54, 1.807) is 43.5 Å². The van der Waals surface area contributed by atoms with Crippen molar-refractivity contribution in [2.75, 3.05) is 32.9 Å². The molecule has 37 heavy (non-hydrogen) atoms. The van der Waals surface area contributed by atoms with Gasteiger partial charge in [-0.25, -0.2) is 13.2 Å². The third-order valence-corrected chi connectivity index (χ3v) is 8.25. The third kappa shape index (κ3) is 6.11. The Bertz CT molecular complexity index is 1380. The second-order valence-electron chi connectivity index (χ2n) is 8.72. The number of fused-ring (bicyclic) bond motifs is 1. The van der Waals surface area contributed by atoms with Gasteiger partial charge in [-0.15, -0.1) is 0 Å². The molecule has 1 aromatic heterocycles. The number of carbonyl (C=O) groups excluding carboxylic acids is 2. The van der Waals surface area contributed by atoms with Gasteiger partial charge in [-0.2, -0.15) is 4.31 Å². The minimum atomic E-state index is -3.98. The summed E-state index contributed by atoms with van der Waals surface area (Å²) < 4.78 is 41.1. The van der Waals surface area contributed by atoms with Crippen LogP contribution >= 0.6 is 0 Å². The third-order valence-electron chi connectivity index (χ3n) is 6.41. The van der Waals surface area contributed by atoms with Crippen molar-refractivity contribution in [1.82, 2.24) is 8.87 Å². The van der Waals surface area contributed by atoms with Crippen LogP contribution in [0.4, 0.5) is 0 Å². The molecule has 0 atom stereocenters. The number of nitrogens with zero attached hydrogens (tertiary/aromatic N) is 2. The van der Waals surface area contributed by atoms with Gasteiger partial charge >= 0.3 is 5.97 Å². The Labute approximate surface area is 219 Å². The molecule has 0 N–H and O–H groups in total. The van der Waals surface area contributed by atoms with Crippen LogP contribution in [0.1, 0.15) is 59.3 Å². The van der Waals surface area contributed by atoms with Gasteiger partial charge in [0, 0.05) is 37.6 Å². The number of esters is 1. The zero-order valence-corrected chi connectivity index (χ0v) is 23.1. The number of hydrogen-bond acceptors (Lipinski definition) is 6. The Morgan fingerprint density at radius 3 is 2.32 bits per heavy atom. The van der Waals surface area contributed by atoms with Crippen molar-refractivity contribution in [1.29, 1.82) is 0 Å². The fourth-order valence-electron chi connectivity index (χ4n) is 4.65. The van der Waals surface area contributed by atoms with Crippen LogP contribution in [-0.4, -0.2) is 62.0 Å². The molecule has 0 amide bonds. The fourth-order valence-corrected chi connectivity index (χ4v) is 6.12. The Kier molecular flexibility index (Phi) is 9.64. The van der Waals surface area contributed by atoms with Crippen LogP contribution in [0.15, 0.2) is 47.4 Å². The maximum absolute atomic E-state index is 13.8. The van der Waals surface area contributed by atoms with E-state index in [9.17, 15) is 18.0 Å². The highest BCUT2D eigenvalue weighted by molar-refractivity contribution is 7.89. The summed E-state index contributed by atoms with van der Waals surface area (Å²) in [5.41, 5.74) is 1.80. The molecule has 8 nitrogen and oxygen atoms in total. The Hall–Kier alpha value is -3.01. The first-order chi connectivity index (χ1) is 17.7. The van der Waals surface area contributed by atoms with Crippen LogP contribution in [0, 0.1) is 13.8 Å². The van der Waals surface area contributed by atoms with Gasteiger partial charge in [0.1, 0.15) is 5.69 Å². The lowest BCUT2D eigenvalue weighted by Gasteiger charge is -2.22. The van der Waals surface area contributed by atoms with Crippen LogP contribution in [0.3, 0.4) is 0 Å². The summed E-state index contributed by atoms with van der Waals surface area (Å²) in [4.78, 5) is 26.4. The van der Waals surface area contributed by atoms with Crippen LogP contribution in [0.25, 0.3) is 10.8 Å². The number of Topliss-reactive ketones (excluding diaryl/α,β-unsaturated/α-hetero) is 1. The van der Waals surface area contributed by atoms with Crippen molar-refractivity contribution in [3.63, 3.8) is 0 Å². The predicted molar refractivity (Wildman–Crippen MR) is 144 cm³/mol. The molecule has 0 aliphatic rings. The molecule has 3 rings (SSSR count). The molecule has 9 heteroatoms. The molecule has 200 valence electrons. The first kappa shape index (κ1) is 28.6. The molecule has 1 heterocycles. The van der Waals surface area contributed by atoms with Crippen molar-refractivity contribution >= 4 is 32.5 Å². The molecule has 2 aromatic carbocycles. The molecule has 0 fully saturated rings. The summed E-state index contributed by atoms with van der Waals surface area (Å²) in [6.45, 7) is 10.3. The van der Waals surface area contributed by atoms with Crippen LogP contribution in [0.2, 0.25) is 0 Å². The van der Waals surface area contributed by atoms with E-state index in [0.717, 1.165) is 10.8 Å². The second-order valence-corrected chi connectivity index (χ2v) is 10.7. The first-order valence-corrected chi connectivity index (χ1v) is 14.1. The number of carbonyl (C=O) groups is 2. The second kappa shape index (κ2) is 12.5. The minimum Gasteiger partial charge on any atom is -0.461 e. The van der Waals surface area contributed by atoms with Crippen LogP contribution in [0.5, 0.6) is 0 Å². The lowest BCUT2D eigenvalue weighted by molar-refractivity contribution is 0.0512. The fraction of sp³-hybridized carbons (Fsp3) is 0.429. The summed E-state index contributed by atoms with van der Waals surface area (Å²) in [5.74, 6) is -0.866. The highest BCUT2D eigenvalue weighted by atomic mass is 32.2. The highest BCUT2D eigenvalue weighted by Crippen LogP contribution is 2.26. The predicted octanol–water partition coefficient (Wildman–Crippen LogP) is 4.75. The molecule has 0 aliphatic heterocycles. The molecule has 0 unspecified atom stereocenters. The van der Waals surface area contributed by atoms with Crippen molar-refractivity contribution < 1.29 is 27.5 Å². The van der Waals surface area contributed by atoms with Crippen molar-refractivity contribution in [3.8, 4) is 0 Å². The maximum Gasteiger partial charge on any atom is 0.355 e. The van der Waals surface area contributed by atoms with Gasteiger partial charge in [-0.1, -0.05) is 30.3 Å². The van der Waals surface area contributed by atoms with Crippen molar-refractivity contribution in [3.05, 3.63) is 65.0 Å². The van der Waals surface area contributed by atoms with E-state index in [1.165, 1.54) is 4.31 Å². The largest absolute Gasteiger partial charge is 0.461 e. The molecule has 0 saturated carbocycles. The van der Waals surface area contributed by atoms with E-state index < -0.39 is 16.0 Å². The van der Waals surface area contributed by atoms with Crippen molar-refractivity contribution in [2.45, 2.75) is 52.5 Å². The van der Waals surface area contributed by atoms with E-state index in [4.69, 9.17) is 9.47 Å². The molecule has 0 spiro atoms. The highest BCUT2D eigenvalue weighted by Gasteiger charge is 2.31. The minimum absolute atomic E-state index is 0.123. The van der Waals surface area contributed by atoms with Gasteiger partial charge in [0.15, 0.2) is 5.78 Å². The number of hydrogen-bond donors (Lipinski definition) is 0. The molecule has 0 saturated heterocycles. The van der Waals surface area contributed by atoms with E-state index in [1.807, 2.05) is 38.1 Å². The molecular formula is C28H36N2O6S. The quantitative estimate of drug-likeness (QED) is 0.180. The molecular weight excluding hydrogens is 492 g/mol. The van der Waals surface area contributed by atoms with E-state index in [0.29, 0.717) is 48.7 Å². The lowest BCUT2D eigenvalue weighted by Crippen LogP contribution is -2.37. The summed E-state index contributed by atoms with van der Waals surface area (Å²) in [6.07, 6.45) is 0.440. The number of sulfonamides is 1. The zero-order valence-electron chi connectivity index (χ0n) is 22.2. The SMILES string of the molecule is CCOCCCN(CC(=O)c1c(C)c(C(=O)OCC)n(CC)c1C)S(=O)(=O)c1ccc2ccccc2c1. The number of aromatic nitrogens is 1. The molecule has 0 bridgehead atoms.